The van der Waals surface area contributed by atoms with Gasteiger partial charge in [-0.15, -0.1) is 0 Å². The topological polar surface area (TPSA) is 51.1 Å². The van der Waals surface area contributed by atoms with E-state index in [1.165, 1.54) is 16.7 Å². The number of carbonyl (C=O) groups is 1. The summed E-state index contributed by atoms with van der Waals surface area (Å²) in [4.78, 5) is 23.7. The lowest BCUT2D eigenvalue weighted by molar-refractivity contribution is -0.137. The van der Waals surface area contributed by atoms with Crippen LogP contribution in [0.25, 0.3) is 10.2 Å². The molecule has 24 heavy (non-hydrogen) atoms. The SMILES string of the molecule is Cn1c(=O)sc2cc(NC(=O)c3ccccc3C(F)(F)F)ccc21. The Morgan fingerprint density at radius 2 is 1.88 bits per heavy atom. The van der Waals surface area contributed by atoms with Gasteiger partial charge in [-0.25, -0.2) is 0 Å². The number of thiazole rings is 1. The second kappa shape index (κ2) is 5.79. The molecule has 3 aromatic rings. The van der Waals surface area contributed by atoms with Gasteiger partial charge in [-0.1, -0.05) is 23.5 Å². The average molecular weight is 352 g/mol. The van der Waals surface area contributed by atoms with Crippen LogP contribution in [0.2, 0.25) is 0 Å². The molecule has 2 aromatic carbocycles. The number of benzene rings is 2. The summed E-state index contributed by atoms with van der Waals surface area (Å²) in [6.07, 6.45) is -4.61. The summed E-state index contributed by atoms with van der Waals surface area (Å²) in [6, 6.07) is 9.33. The predicted octanol–water partition coefficient (Wildman–Crippen LogP) is 3.87. The Morgan fingerprint density at radius 1 is 1.17 bits per heavy atom. The first-order chi connectivity index (χ1) is 11.3. The normalized spacial score (nSPS) is 11.7. The number of anilines is 1. The largest absolute Gasteiger partial charge is 0.417 e. The summed E-state index contributed by atoms with van der Waals surface area (Å²) in [5, 5.41) is 2.45. The van der Waals surface area contributed by atoms with Crippen LogP contribution in [-0.2, 0) is 13.2 Å². The molecule has 0 aliphatic rings. The van der Waals surface area contributed by atoms with E-state index in [0.717, 1.165) is 23.5 Å². The molecule has 8 heteroatoms. The molecular weight excluding hydrogens is 341 g/mol. The van der Waals surface area contributed by atoms with Gasteiger partial charge in [0.2, 0.25) is 0 Å². The fraction of sp³-hybridized carbons (Fsp3) is 0.125. The standard InChI is InChI=1S/C16H11F3N2O2S/c1-21-12-7-6-9(8-13(12)24-15(21)23)20-14(22)10-4-2-3-5-11(10)16(17,18)19/h2-8H,1H3,(H,20,22). The Kier molecular flexibility index (Phi) is 3.92. The van der Waals surface area contributed by atoms with Crippen LogP contribution in [-0.4, -0.2) is 10.5 Å². The Balaban J connectivity index is 1.95. The third-order valence-electron chi connectivity index (χ3n) is 3.53. The number of carbonyl (C=O) groups excluding carboxylic acids is 1. The maximum atomic E-state index is 13.0. The van der Waals surface area contributed by atoms with E-state index >= 15 is 0 Å². The number of amides is 1. The Bertz CT molecular complexity index is 989. The molecule has 0 radical (unpaired) electrons. The van der Waals surface area contributed by atoms with E-state index in [1.54, 1.807) is 25.2 Å². The molecule has 0 saturated carbocycles. The molecule has 0 unspecified atom stereocenters. The van der Waals surface area contributed by atoms with Crippen molar-refractivity contribution in [1.82, 2.24) is 4.57 Å². The number of alkyl halides is 3. The van der Waals surface area contributed by atoms with Gasteiger partial charge in [0, 0.05) is 12.7 Å². The number of fused-ring (bicyclic) bond motifs is 1. The summed E-state index contributed by atoms with van der Waals surface area (Å²) in [5.41, 5.74) is -0.427. The molecule has 0 aliphatic heterocycles. The first-order valence-electron chi connectivity index (χ1n) is 6.84. The highest BCUT2D eigenvalue weighted by molar-refractivity contribution is 7.16. The number of nitrogens with zero attached hydrogens (tertiary/aromatic N) is 1. The molecule has 0 bridgehead atoms. The number of hydrogen-bond acceptors (Lipinski definition) is 3. The van der Waals surface area contributed by atoms with Gasteiger partial charge in [-0.05, 0) is 30.3 Å². The van der Waals surface area contributed by atoms with Crippen molar-refractivity contribution >= 4 is 33.1 Å². The molecule has 1 N–H and O–H groups in total. The molecule has 1 heterocycles. The molecule has 124 valence electrons. The Morgan fingerprint density at radius 3 is 2.58 bits per heavy atom. The van der Waals surface area contributed by atoms with Gasteiger partial charge in [0.1, 0.15) is 0 Å². The number of aryl methyl sites for hydroxylation is 1. The minimum atomic E-state index is -4.61. The highest BCUT2D eigenvalue weighted by Gasteiger charge is 2.34. The molecule has 0 saturated heterocycles. The minimum absolute atomic E-state index is 0.157. The van der Waals surface area contributed by atoms with Gasteiger partial charge in [0.25, 0.3) is 5.91 Å². The zero-order chi connectivity index (χ0) is 17.5. The summed E-state index contributed by atoms with van der Waals surface area (Å²) >= 11 is 0.999. The Labute approximate surface area is 138 Å². The van der Waals surface area contributed by atoms with Crippen molar-refractivity contribution in [3.05, 3.63) is 63.3 Å². The van der Waals surface area contributed by atoms with Crippen LogP contribution in [0.15, 0.2) is 47.3 Å². The first-order valence-corrected chi connectivity index (χ1v) is 7.66. The smallest absolute Gasteiger partial charge is 0.322 e. The van der Waals surface area contributed by atoms with Crippen LogP contribution in [0, 0.1) is 0 Å². The lowest BCUT2D eigenvalue weighted by atomic mass is 10.1. The fourth-order valence-corrected chi connectivity index (χ4v) is 3.26. The summed E-state index contributed by atoms with van der Waals surface area (Å²) < 4.78 is 41.1. The van der Waals surface area contributed by atoms with Crippen LogP contribution < -0.4 is 10.2 Å². The third kappa shape index (κ3) is 2.92. The lowest BCUT2D eigenvalue weighted by Crippen LogP contribution is -2.18. The zero-order valence-corrected chi connectivity index (χ0v) is 13.2. The van der Waals surface area contributed by atoms with Gasteiger partial charge >= 0.3 is 11.0 Å². The van der Waals surface area contributed by atoms with E-state index in [-0.39, 0.29) is 4.87 Å². The summed E-state index contributed by atoms with van der Waals surface area (Å²) in [7, 11) is 1.62. The number of halogens is 3. The van der Waals surface area contributed by atoms with Crippen molar-refractivity contribution in [1.29, 1.82) is 0 Å². The van der Waals surface area contributed by atoms with Gasteiger partial charge in [0.15, 0.2) is 0 Å². The minimum Gasteiger partial charge on any atom is -0.322 e. The van der Waals surface area contributed by atoms with Crippen LogP contribution >= 0.6 is 11.3 Å². The van der Waals surface area contributed by atoms with E-state index in [2.05, 4.69) is 5.32 Å². The van der Waals surface area contributed by atoms with E-state index in [0.29, 0.717) is 15.9 Å². The molecule has 0 spiro atoms. The van der Waals surface area contributed by atoms with Crippen LogP contribution in [0.5, 0.6) is 0 Å². The van der Waals surface area contributed by atoms with Crippen molar-refractivity contribution in [3.63, 3.8) is 0 Å². The number of rotatable bonds is 2. The number of hydrogen-bond donors (Lipinski definition) is 1. The van der Waals surface area contributed by atoms with Crippen molar-refractivity contribution < 1.29 is 18.0 Å². The maximum absolute atomic E-state index is 13.0. The van der Waals surface area contributed by atoms with Crippen molar-refractivity contribution in [3.8, 4) is 0 Å². The fourth-order valence-electron chi connectivity index (χ4n) is 2.34. The molecule has 0 aliphatic carbocycles. The maximum Gasteiger partial charge on any atom is 0.417 e. The second-order valence-electron chi connectivity index (χ2n) is 5.11. The zero-order valence-electron chi connectivity index (χ0n) is 12.3. The molecule has 1 amide bonds. The molecule has 4 nitrogen and oxygen atoms in total. The van der Waals surface area contributed by atoms with E-state index in [1.807, 2.05) is 0 Å². The van der Waals surface area contributed by atoms with Crippen molar-refractivity contribution in [2.75, 3.05) is 5.32 Å². The van der Waals surface area contributed by atoms with Crippen molar-refractivity contribution in [2.45, 2.75) is 6.18 Å². The van der Waals surface area contributed by atoms with Gasteiger partial charge < -0.3 is 9.88 Å². The van der Waals surface area contributed by atoms with Gasteiger partial charge in [0.05, 0.1) is 21.3 Å². The lowest BCUT2D eigenvalue weighted by Gasteiger charge is -2.12. The van der Waals surface area contributed by atoms with E-state index < -0.39 is 23.2 Å². The highest BCUT2D eigenvalue weighted by Crippen LogP contribution is 2.32. The highest BCUT2D eigenvalue weighted by atomic mass is 32.1. The molecule has 3 rings (SSSR count). The summed E-state index contributed by atoms with van der Waals surface area (Å²) in [6.45, 7) is 0. The summed E-state index contributed by atoms with van der Waals surface area (Å²) in [5.74, 6) is -0.856. The molecule has 0 fully saturated rings. The molecule has 0 atom stereocenters. The van der Waals surface area contributed by atoms with Crippen molar-refractivity contribution in [2.24, 2.45) is 7.05 Å². The van der Waals surface area contributed by atoms with Crippen LogP contribution in [0.3, 0.4) is 0 Å². The molecule has 1 aromatic heterocycles. The number of aromatic nitrogens is 1. The van der Waals surface area contributed by atoms with E-state index in [9.17, 15) is 22.8 Å². The van der Waals surface area contributed by atoms with Gasteiger partial charge in [-0.3, -0.25) is 9.59 Å². The van der Waals surface area contributed by atoms with E-state index in [4.69, 9.17) is 0 Å². The number of nitrogens with one attached hydrogen (secondary N) is 1. The van der Waals surface area contributed by atoms with Crippen LogP contribution in [0.4, 0.5) is 18.9 Å². The first kappa shape index (κ1) is 16.3. The van der Waals surface area contributed by atoms with Gasteiger partial charge in [-0.2, -0.15) is 13.2 Å². The average Bonchev–Trinajstić information content (AvgIpc) is 2.81. The third-order valence-corrected chi connectivity index (χ3v) is 4.52. The quantitative estimate of drug-likeness (QED) is 0.761. The Hall–Kier alpha value is -2.61. The predicted molar refractivity (Wildman–Crippen MR) is 86.5 cm³/mol. The van der Waals surface area contributed by atoms with Crippen LogP contribution in [0.1, 0.15) is 15.9 Å². The monoisotopic (exact) mass is 352 g/mol. The second-order valence-corrected chi connectivity index (χ2v) is 6.10. The molecular formula is C16H11F3N2O2S.